The van der Waals surface area contributed by atoms with Gasteiger partial charge in [0, 0.05) is 5.41 Å². The third-order valence-corrected chi connectivity index (χ3v) is 2.82. The van der Waals surface area contributed by atoms with Crippen LogP contribution >= 0.6 is 0 Å². The molecule has 2 aromatic heterocycles. The first-order valence-corrected chi connectivity index (χ1v) is 5.94. The Bertz CT molecular complexity index is 594. The predicted molar refractivity (Wildman–Crippen MR) is 67.9 cm³/mol. The second kappa shape index (κ2) is 4.49. The van der Waals surface area contributed by atoms with E-state index in [9.17, 15) is 10.1 Å². The van der Waals surface area contributed by atoms with E-state index in [1.54, 1.807) is 6.20 Å². The average Bonchev–Trinajstić information content (AvgIpc) is 2.97. The lowest BCUT2D eigenvalue weighted by molar-refractivity contribution is -0.385. The summed E-state index contributed by atoms with van der Waals surface area (Å²) in [5.41, 5.74) is -0.171. The average molecular weight is 264 g/mol. The second-order valence-corrected chi connectivity index (χ2v) is 5.42. The molecule has 2 rings (SSSR count). The Morgan fingerprint density at radius 3 is 2.58 bits per heavy atom. The molecule has 1 unspecified atom stereocenters. The van der Waals surface area contributed by atoms with Gasteiger partial charge in [-0.15, -0.1) is 0 Å². The third kappa shape index (κ3) is 2.64. The van der Waals surface area contributed by atoms with Crippen LogP contribution in [0.15, 0.2) is 23.0 Å². The largest absolute Gasteiger partial charge is 0.443 e. The van der Waals surface area contributed by atoms with Gasteiger partial charge in [0.05, 0.1) is 11.1 Å². The van der Waals surface area contributed by atoms with Crippen molar-refractivity contribution >= 4 is 5.69 Å². The first-order valence-electron chi connectivity index (χ1n) is 5.94. The van der Waals surface area contributed by atoms with E-state index in [0.717, 1.165) is 5.76 Å². The van der Waals surface area contributed by atoms with E-state index in [1.807, 2.05) is 27.7 Å². The maximum absolute atomic E-state index is 10.6. The standard InChI is InChI=1S/C12H16N4O3/c1-8(15-7-9(5-14-15)16(17)18)11-13-6-10(19-11)12(2,3)4/h5-8H,1-4H3. The smallest absolute Gasteiger partial charge is 0.307 e. The number of nitro groups is 1. The summed E-state index contributed by atoms with van der Waals surface area (Å²) < 4.78 is 7.16. The molecule has 0 amide bonds. The lowest BCUT2D eigenvalue weighted by Crippen LogP contribution is -2.10. The Kier molecular flexibility index (Phi) is 3.13. The summed E-state index contributed by atoms with van der Waals surface area (Å²) in [6.07, 6.45) is 4.26. The fourth-order valence-corrected chi connectivity index (χ4v) is 1.57. The highest BCUT2D eigenvalue weighted by atomic mass is 16.6. The molecule has 0 bridgehead atoms. The molecule has 2 heterocycles. The minimum atomic E-state index is -0.480. The molecule has 0 spiro atoms. The van der Waals surface area contributed by atoms with Gasteiger partial charge in [-0.3, -0.25) is 14.8 Å². The van der Waals surface area contributed by atoms with E-state index in [1.165, 1.54) is 17.1 Å². The summed E-state index contributed by atoms with van der Waals surface area (Å²) in [5, 5.41) is 14.6. The second-order valence-electron chi connectivity index (χ2n) is 5.42. The van der Waals surface area contributed by atoms with Crippen LogP contribution in [0.25, 0.3) is 0 Å². The van der Waals surface area contributed by atoms with Crippen LogP contribution in [-0.2, 0) is 5.41 Å². The van der Waals surface area contributed by atoms with Crippen molar-refractivity contribution in [3.8, 4) is 0 Å². The van der Waals surface area contributed by atoms with Crippen molar-refractivity contribution in [2.75, 3.05) is 0 Å². The highest BCUT2D eigenvalue weighted by Gasteiger charge is 2.23. The maximum atomic E-state index is 10.6. The Balaban J connectivity index is 2.26. The van der Waals surface area contributed by atoms with Crippen LogP contribution in [0.4, 0.5) is 5.69 Å². The molecule has 0 aliphatic rings. The van der Waals surface area contributed by atoms with Gasteiger partial charge in [0.25, 0.3) is 0 Å². The van der Waals surface area contributed by atoms with Crippen LogP contribution in [-0.4, -0.2) is 19.7 Å². The van der Waals surface area contributed by atoms with Gasteiger partial charge in [0.2, 0.25) is 5.89 Å². The van der Waals surface area contributed by atoms with Crippen LogP contribution in [0.5, 0.6) is 0 Å². The SMILES string of the molecule is CC(c1ncc(C(C)(C)C)o1)n1cc([N+](=O)[O-])cn1. The van der Waals surface area contributed by atoms with Crippen molar-refractivity contribution in [1.29, 1.82) is 0 Å². The number of nitrogens with zero attached hydrogens (tertiary/aromatic N) is 4. The van der Waals surface area contributed by atoms with Gasteiger partial charge in [0.1, 0.15) is 24.2 Å². The summed E-state index contributed by atoms with van der Waals surface area (Å²) in [5.74, 6) is 1.26. The lowest BCUT2D eigenvalue weighted by Gasteiger charge is -2.14. The molecule has 0 saturated heterocycles. The molecule has 0 saturated carbocycles. The summed E-state index contributed by atoms with van der Waals surface area (Å²) in [6.45, 7) is 7.91. The summed E-state index contributed by atoms with van der Waals surface area (Å²) >= 11 is 0. The predicted octanol–water partition coefficient (Wildman–Crippen LogP) is 2.69. The van der Waals surface area contributed by atoms with Crippen molar-refractivity contribution in [2.24, 2.45) is 0 Å². The van der Waals surface area contributed by atoms with Gasteiger partial charge >= 0.3 is 5.69 Å². The summed E-state index contributed by atoms with van der Waals surface area (Å²) in [4.78, 5) is 14.4. The first-order chi connectivity index (χ1) is 8.79. The number of aromatic nitrogens is 3. The summed E-state index contributed by atoms with van der Waals surface area (Å²) in [6, 6.07) is -0.287. The molecule has 102 valence electrons. The van der Waals surface area contributed by atoms with Crippen molar-refractivity contribution < 1.29 is 9.34 Å². The Hall–Kier alpha value is -2.18. The normalized spacial score (nSPS) is 13.5. The van der Waals surface area contributed by atoms with Gasteiger partial charge in [-0.1, -0.05) is 20.8 Å². The van der Waals surface area contributed by atoms with E-state index < -0.39 is 4.92 Å². The molecule has 0 aromatic carbocycles. The number of oxazole rings is 1. The zero-order valence-electron chi connectivity index (χ0n) is 11.3. The quantitative estimate of drug-likeness (QED) is 0.628. The first kappa shape index (κ1) is 13.3. The number of hydrogen-bond acceptors (Lipinski definition) is 5. The molecule has 0 aliphatic heterocycles. The molecule has 0 N–H and O–H groups in total. The van der Waals surface area contributed by atoms with Crippen LogP contribution in [0.1, 0.15) is 45.4 Å². The van der Waals surface area contributed by atoms with Gasteiger partial charge in [-0.25, -0.2) is 4.98 Å². The molecule has 0 aliphatic carbocycles. The summed E-state index contributed by atoms with van der Waals surface area (Å²) in [7, 11) is 0. The fraction of sp³-hybridized carbons (Fsp3) is 0.500. The molecule has 7 nitrogen and oxygen atoms in total. The minimum Gasteiger partial charge on any atom is -0.443 e. The fourth-order valence-electron chi connectivity index (χ4n) is 1.57. The molecular weight excluding hydrogens is 248 g/mol. The third-order valence-electron chi connectivity index (χ3n) is 2.82. The van der Waals surface area contributed by atoms with Crippen LogP contribution in [0.2, 0.25) is 0 Å². The van der Waals surface area contributed by atoms with Crippen molar-refractivity contribution in [3.05, 3.63) is 40.4 Å². The van der Waals surface area contributed by atoms with E-state index in [-0.39, 0.29) is 17.1 Å². The Morgan fingerprint density at radius 1 is 1.42 bits per heavy atom. The molecule has 2 aromatic rings. The topological polar surface area (TPSA) is 87.0 Å². The van der Waals surface area contributed by atoms with E-state index >= 15 is 0 Å². The maximum Gasteiger partial charge on any atom is 0.307 e. The van der Waals surface area contributed by atoms with Crippen molar-refractivity contribution in [3.63, 3.8) is 0 Å². The molecule has 0 fully saturated rings. The number of hydrogen-bond donors (Lipinski definition) is 0. The van der Waals surface area contributed by atoms with Crippen LogP contribution < -0.4 is 0 Å². The highest BCUT2D eigenvalue weighted by Crippen LogP contribution is 2.26. The number of rotatable bonds is 3. The van der Waals surface area contributed by atoms with E-state index in [0.29, 0.717) is 5.89 Å². The lowest BCUT2D eigenvalue weighted by atomic mass is 9.94. The van der Waals surface area contributed by atoms with E-state index in [4.69, 9.17) is 4.42 Å². The van der Waals surface area contributed by atoms with Crippen LogP contribution in [0.3, 0.4) is 0 Å². The van der Waals surface area contributed by atoms with Gasteiger partial charge < -0.3 is 4.42 Å². The monoisotopic (exact) mass is 264 g/mol. The molecular formula is C12H16N4O3. The van der Waals surface area contributed by atoms with Gasteiger partial charge in [0.15, 0.2) is 0 Å². The molecule has 1 atom stereocenters. The zero-order chi connectivity index (χ0) is 14.2. The minimum absolute atomic E-state index is 0.0468. The van der Waals surface area contributed by atoms with Gasteiger partial charge in [-0.2, -0.15) is 5.10 Å². The molecule has 19 heavy (non-hydrogen) atoms. The van der Waals surface area contributed by atoms with Gasteiger partial charge in [-0.05, 0) is 6.92 Å². The highest BCUT2D eigenvalue weighted by molar-refractivity contribution is 5.21. The van der Waals surface area contributed by atoms with Crippen LogP contribution in [0, 0.1) is 10.1 Å². The van der Waals surface area contributed by atoms with Crippen molar-refractivity contribution in [1.82, 2.24) is 14.8 Å². The zero-order valence-corrected chi connectivity index (χ0v) is 11.3. The Labute approximate surface area is 110 Å². The van der Waals surface area contributed by atoms with Crippen molar-refractivity contribution in [2.45, 2.75) is 39.2 Å². The van der Waals surface area contributed by atoms with E-state index in [2.05, 4.69) is 10.1 Å². The molecule has 0 radical (unpaired) electrons. The molecule has 7 heteroatoms. The Morgan fingerprint density at radius 2 is 2.11 bits per heavy atom.